The number of nitrogens with zero attached hydrogens (tertiary/aromatic N) is 9. The second-order valence-electron chi connectivity index (χ2n) is 22.1. The first-order valence-corrected chi connectivity index (χ1v) is 32.5. The van der Waals surface area contributed by atoms with Gasteiger partial charge in [0.2, 0.25) is 11.9 Å². The molecule has 1 amide bonds. The molecule has 0 unspecified atom stereocenters. The Morgan fingerprint density at radius 1 is 0.529 bits per heavy atom. The van der Waals surface area contributed by atoms with Gasteiger partial charge in [-0.05, 0) is 117 Å². The molecule has 10 N–H and O–H groups in total. The van der Waals surface area contributed by atoms with Crippen LogP contribution in [0.3, 0.4) is 0 Å². The van der Waals surface area contributed by atoms with Crippen molar-refractivity contribution in [1.29, 1.82) is 0 Å². The number of carbonyl (C=O) groups is 1. The Kier molecular flexibility index (Phi) is 27.8. The zero-order valence-corrected chi connectivity index (χ0v) is 57.8. The van der Waals surface area contributed by atoms with Gasteiger partial charge in [-0.3, -0.25) is 18.0 Å². The van der Waals surface area contributed by atoms with Gasteiger partial charge in [0, 0.05) is 129 Å². The van der Waals surface area contributed by atoms with Crippen molar-refractivity contribution in [3.63, 3.8) is 0 Å². The zero-order valence-electron chi connectivity index (χ0n) is 54.6. The number of benzene rings is 6. The van der Waals surface area contributed by atoms with Gasteiger partial charge < -0.3 is 52.6 Å². The molecule has 4 aliphatic heterocycles. The molecule has 522 valence electrons. The molecular weight excluding hydrogens is 1440 g/mol. The first kappa shape index (κ1) is 78.6. The molecule has 10 heterocycles. The molecule has 0 atom stereocenters. The monoisotopic (exact) mass is 1510 g/mol. The number of anilines is 5. The molecule has 0 spiro atoms. The predicted octanol–water partition coefficient (Wildman–Crippen LogP) is 9.29. The van der Waals surface area contributed by atoms with Gasteiger partial charge in [0.15, 0.2) is 5.69 Å². The zero-order chi connectivity index (χ0) is 69.0. The third-order valence-electron chi connectivity index (χ3n) is 16.7. The van der Waals surface area contributed by atoms with E-state index in [1.54, 1.807) is 55.8 Å². The van der Waals surface area contributed by atoms with Crippen LogP contribution < -0.4 is 60.5 Å². The number of para-hydroxylation sites is 3. The van der Waals surface area contributed by atoms with Crippen molar-refractivity contribution in [2.75, 3.05) is 47.2 Å². The average molecular weight is 1510 g/mol. The van der Waals surface area contributed by atoms with Crippen LogP contribution in [-0.2, 0) is 77.2 Å². The number of nitrogens with one attached hydrogen (secondary N) is 3. The quantitative estimate of drug-likeness (QED) is 0.0561. The largest absolute Gasteiger partial charge is 1.00 e. The molecule has 0 fully saturated rings. The van der Waals surface area contributed by atoms with Crippen LogP contribution in [0, 0.1) is 17.5 Å². The number of nitrogen functional groups attached to an aromatic ring is 2. The molecule has 0 bridgehead atoms. The fraction of sp³-hybridized carbons (Fsp3) is 0.208. The summed E-state index contributed by atoms with van der Waals surface area (Å²) in [6, 6.07) is 32.4. The van der Waals surface area contributed by atoms with Crippen LogP contribution in [0.4, 0.5) is 42.1 Å². The van der Waals surface area contributed by atoms with Crippen LogP contribution in [0.2, 0.25) is 0 Å². The van der Waals surface area contributed by atoms with E-state index in [1.807, 2.05) is 86.0 Å². The summed E-state index contributed by atoms with van der Waals surface area (Å²) in [5.74, 6) is 3.35. The molecule has 24 nitrogen and oxygen atoms in total. The van der Waals surface area contributed by atoms with Crippen molar-refractivity contribution in [2.45, 2.75) is 79.3 Å². The van der Waals surface area contributed by atoms with Crippen molar-refractivity contribution >= 4 is 95.6 Å². The number of halogens is 5. The molecule has 12 aromatic rings. The Morgan fingerprint density at radius 2 is 0.980 bits per heavy atom. The number of imidazole rings is 3. The predicted molar refractivity (Wildman–Crippen MR) is 378 cm³/mol. The van der Waals surface area contributed by atoms with E-state index in [4.69, 9.17) is 44.9 Å². The summed E-state index contributed by atoms with van der Waals surface area (Å²) in [5.41, 5.74) is 27.2. The number of rotatable bonds is 12. The normalized spacial score (nSPS) is 11.9. The van der Waals surface area contributed by atoms with Gasteiger partial charge in [-0.15, -0.1) is 0 Å². The topological polar surface area (TPSA) is 353 Å². The molecule has 0 saturated carbocycles. The summed E-state index contributed by atoms with van der Waals surface area (Å²) in [6.07, 6.45) is 15.7. The standard InChI is InChI=1S/C23H22FN5O.C23H17FN4O2.C17H16BrFN4O.C6H6BrN.2CO2.CH4.Li.2H2O/c1-2-20-22-17(14-5-3-4-6-19(14)25)12-27-23(29(22)13-28-20)26-11-16-15-9-10-30-21(15)8-7-18(16)24;24-17-6-7-19-15(9-10-30-19)13(17)5-8-20-25-11-16-14-3-1-2-4-18(14)27-23(29)21-22(16)28(20)12-26-21;1-2-14-16-12(18)8-21-17(23(16)9-22-14)20-7-11-10-5-6-24-15(10)4-3-13(11)19;7-5-3-1-2-4-6(5)8;2*2-1-3;;;;/h3-8,12-13H,2,9-11,25H2,1H3,(H,26,27);1-4,6-7,11-12H,5,8-10H2,(H,27,29);3-4,8-9H,2,5-7H2,1H3,(H,20,21);1-4H,8H2;;;1H4;;2*1H2/q;;;;;;;+1;;/p-1. The molecule has 0 radical (unpaired) electrons. The number of ether oxygens (including phenoxy) is 3. The van der Waals surface area contributed by atoms with Crippen molar-refractivity contribution < 1.29 is 81.2 Å². The van der Waals surface area contributed by atoms with Crippen LogP contribution in [0.5, 0.6) is 17.2 Å². The molecule has 102 heavy (non-hydrogen) atoms. The Bertz CT molecular complexity index is 5020. The maximum absolute atomic E-state index is 14.5. The van der Waals surface area contributed by atoms with Gasteiger partial charge in [0.05, 0.1) is 52.2 Å². The Balaban J connectivity index is 0.000000193. The first-order valence-electron chi connectivity index (χ1n) is 30.9. The third-order valence-corrected chi connectivity index (χ3v) is 18.0. The number of hydrogen-bond donors (Lipinski definition) is 5. The van der Waals surface area contributed by atoms with Gasteiger partial charge >= 0.3 is 31.2 Å². The van der Waals surface area contributed by atoms with Crippen molar-refractivity contribution in [2.24, 2.45) is 0 Å². The first-order chi connectivity index (χ1) is 47.7. The molecule has 16 rings (SSSR count). The Morgan fingerprint density at radius 3 is 1.51 bits per heavy atom. The number of carbonyl (C=O) groups excluding carboxylic acids is 5. The van der Waals surface area contributed by atoms with Crippen LogP contribution in [-0.4, -0.2) is 92.1 Å². The van der Waals surface area contributed by atoms with E-state index in [0.717, 1.165) is 136 Å². The molecule has 0 aliphatic carbocycles. The average Bonchev–Trinajstić information content (AvgIpc) is 1.51. The van der Waals surface area contributed by atoms with Gasteiger partial charge in [-0.2, -0.15) is 19.2 Å². The van der Waals surface area contributed by atoms with Gasteiger partial charge in [-0.1, -0.05) is 69.8 Å². The van der Waals surface area contributed by atoms with E-state index in [-0.39, 0.29) is 72.9 Å². The molecule has 6 aromatic carbocycles. The minimum absolute atomic E-state index is 0. The van der Waals surface area contributed by atoms with Gasteiger partial charge in [0.1, 0.15) is 59.5 Å². The Labute approximate surface area is 611 Å². The molecular formula is C72H68Br2F3LiN14O10. The third kappa shape index (κ3) is 16.7. The maximum Gasteiger partial charge on any atom is 1.00 e. The second kappa shape index (κ2) is 36.1. The number of fused-ring (bicyclic) bond motifs is 7. The summed E-state index contributed by atoms with van der Waals surface area (Å²) >= 11 is 6.79. The van der Waals surface area contributed by atoms with Crippen molar-refractivity contribution in [1.82, 2.24) is 43.1 Å². The number of hydrogen-bond acceptors (Lipinski definition) is 19. The summed E-state index contributed by atoms with van der Waals surface area (Å²) in [7, 11) is 0. The summed E-state index contributed by atoms with van der Waals surface area (Å²) in [4.78, 5) is 72.2. The van der Waals surface area contributed by atoms with Crippen molar-refractivity contribution in [3.05, 3.63) is 229 Å². The number of aryl methyl sites for hydroxylation is 3. The number of aromatic nitrogens is 9. The number of amides is 1. The molecule has 30 heteroatoms. The SMILES string of the molecule is C.CCc1ncn2c(NCc3c(F)ccc4c3CCO4)ncc(-c3ccccc3N)c12.CCc1ncn2c(NCc3c(F)ccc4c3CCO4)ncc(Br)c12.Nc1ccccc1Br.O.O=C1Nc2ccccc2-c2cnc(CCc3c(F)ccc4c3CCO4)n3cnc1c23.O=C=O.O=C=O.[Li+].[OH-]. The van der Waals surface area contributed by atoms with Gasteiger partial charge in [-0.25, -0.2) is 43.1 Å². The van der Waals surface area contributed by atoms with E-state index < -0.39 is 0 Å². The van der Waals surface area contributed by atoms with E-state index in [9.17, 15) is 18.0 Å². The second-order valence-corrected chi connectivity index (χ2v) is 23.8. The van der Waals surface area contributed by atoms with E-state index in [0.29, 0.717) is 92.1 Å². The van der Waals surface area contributed by atoms with Crippen LogP contribution >= 0.6 is 31.9 Å². The fourth-order valence-corrected chi connectivity index (χ4v) is 12.9. The van der Waals surface area contributed by atoms with E-state index in [2.05, 4.69) is 91.6 Å². The summed E-state index contributed by atoms with van der Waals surface area (Å²) < 4.78 is 67.4. The number of nitrogens with two attached hydrogens (primary N) is 2. The molecule has 0 saturated heterocycles. The van der Waals surface area contributed by atoms with Crippen LogP contribution in [0.15, 0.2) is 156 Å². The summed E-state index contributed by atoms with van der Waals surface area (Å²) in [6.45, 7) is 6.56. The fourth-order valence-electron chi connectivity index (χ4n) is 12.1. The minimum Gasteiger partial charge on any atom is -0.870 e. The van der Waals surface area contributed by atoms with Crippen LogP contribution in [0.25, 0.3) is 38.8 Å². The van der Waals surface area contributed by atoms with Crippen molar-refractivity contribution in [3.8, 4) is 39.5 Å². The smallest absolute Gasteiger partial charge is 0.870 e. The Hall–Kier alpha value is -10.7. The van der Waals surface area contributed by atoms with E-state index in [1.165, 1.54) is 18.2 Å². The summed E-state index contributed by atoms with van der Waals surface area (Å²) in [5, 5.41) is 9.45. The van der Waals surface area contributed by atoms with Crippen LogP contribution in [0.1, 0.15) is 82.4 Å². The molecule has 4 aliphatic rings. The van der Waals surface area contributed by atoms with E-state index >= 15 is 0 Å². The maximum atomic E-state index is 14.5. The van der Waals surface area contributed by atoms with Gasteiger partial charge in [0.25, 0.3) is 5.91 Å². The minimum atomic E-state index is -0.245. The molecule has 6 aromatic heterocycles.